The van der Waals surface area contributed by atoms with Gasteiger partial charge in [-0.05, 0) is 55.7 Å². The van der Waals surface area contributed by atoms with Crippen LogP contribution in [0.5, 0.6) is 0 Å². The van der Waals surface area contributed by atoms with Gasteiger partial charge in [0.25, 0.3) is 5.91 Å². The molecule has 3 aliphatic rings. The van der Waals surface area contributed by atoms with E-state index in [1.807, 2.05) is 36.4 Å². The topological polar surface area (TPSA) is 119 Å². The number of hydrogen-bond acceptors (Lipinski definition) is 6. The number of nitrogens with zero attached hydrogens (tertiary/aromatic N) is 2. The highest BCUT2D eigenvalue weighted by Gasteiger charge is 2.55. The third-order valence-electron chi connectivity index (χ3n) is 9.30. The quantitative estimate of drug-likeness (QED) is 0.276. The van der Waals surface area contributed by atoms with Gasteiger partial charge in [-0.25, -0.2) is 0 Å². The summed E-state index contributed by atoms with van der Waals surface area (Å²) in [6, 6.07) is 13.2. The molecule has 3 N–H and O–H groups in total. The molecule has 44 heavy (non-hydrogen) atoms. The number of piperazine rings is 1. The summed E-state index contributed by atoms with van der Waals surface area (Å²) in [6.45, 7) is 4.57. The van der Waals surface area contributed by atoms with Crippen molar-refractivity contribution >= 4 is 35.9 Å². The third kappa shape index (κ3) is 6.75. The van der Waals surface area contributed by atoms with Crippen molar-refractivity contribution in [2.24, 2.45) is 5.92 Å². The molecule has 2 aromatic carbocycles. The monoisotopic (exact) mass is 622 g/mol. The van der Waals surface area contributed by atoms with E-state index in [1.165, 1.54) is 0 Å². The van der Waals surface area contributed by atoms with Crippen LogP contribution in [0.25, 0.3) is 0 Å². The summed E-state index contributed by atoms with van der Waals surface area (Å²) in [5.74, 6) is -0.665. The van der Waals surface area contributed by atoms with Gasteiger partial charge in [0, 0.05) is 49.9 Å². The van der Waals surface area contributed by atoms with Gasteiger partial charge in [0.1, 0.15) is 11.6 Å². The average molecular weight is 623 g/mol. The number of benzene rings is 2. The van der Waals surface area contributed by atoms with Crippen molar-refractivity contribution < 1.29 is 24.3 Å². The number of allylic oxidation sites excluding steroid dienone is 2. The van der Waals surface area contributed by atoms with Gasteiger partial charge in [-0.15, -0.1) is 12.4 Å². The number of amides is 3. The summed E-state index contributed by atoms with van der Waals surface area (Å²) in [5, 5.41) is 16.5. The van der Waals surface area contributed by atoms with E-state index in [0.29, 0.717) is 55.7 Å². The van der Waals surface area contributed by atoms with E-state index in [4.69, 9.17) is 0 Å². The number of rotatable bonds is 10. The van der Waals surface area contributed by atoms with Gasteiger partial charge in [0.2, 0.25) is 11.8 Å². The number of hydrogen-bond donors (Lipinski definition) is 3. The Labute approximate surface area is 265 Å². The number of likely N-dealkylation sites (tertiary alicyclic amines) is 1. The first kappa shape index (κ1) is 33.4. The van der Waals surface area contributed by atoms with Crippen LogP contribution in [0.1, 0.15) is 77.3 Å². The van der Waals surface area contributed by atoms with Gasteiger partial charge in [0.15, 0.2) is 5.78 Å². The Morgan fingerprint density at radius 3 is 2.11 bits per heavy atom. The minimum atomic E-state index is -0.898. The van der Waals surface area contributed by atoms with E-state index in [0.717, 1.165) is 31.2 Å². The molecule has 0 aromatic heterocycles. The van der Waals surface area contributed by atoms with Crippen molar-refractivity contribution in [3.63, 3.8) is 0 Å². The Morgan fingerprint density at radius 2 is 1.55 bits per heavy atom. The summed E-state index contributed by atoms with van der Waals surface area (Å²) >= 11 is 0. The largest absolute Gasteiger partial charge is 0.390 e. The summed E-state index contributed by atoms with van der Waals surface area (Å²) in [5.41, 5.74) is 1.76. The Kier molecular flexibility index (Phi) is 11.0. The first-order chi connectivity index (χ1) is 20.8. The lowest BCUT2D eigenvalue weighted by atomic mass is 9.79. The smallest absolute Gasteiger partial charge is 0.251 e. The molecule has 5 rings (SSSR count). The Bertz CT molecular complexity index is 1360. The lowest BCUT2D eigenvalue weighted by Crippen LogP contribution is -2.75. The van der Waals surface area contributed by atoms with Gasteiger partial charge in [0.05, 0.1) is 6.10 Å². The number of aliphatic hydroxyl groups excluding tert-OH is 1. The second kappa shape index (κ2) is 14.5. The van der Waals surface area contributed by atoms with Crippen LogP contribution in [-0.4, -0.2) is 82.8 Å². The molecule has 0 saturated carbocycles. The maximum atomic E-state index is 13.7. The molecule has 2 saturated heterocycles. The third-order valence-corrected chi connectivity index (χ3v) is 9.30. The molecule has 3 amide bonds. The van der Waals surface area contributed by atoms with Crippen LogP contribution in [0.2, 0.25) is 0 Å². The Balaban J connectivity index is 0.00000442. The molecule has 2 aliphatic heterocycles. The van der Waals surface area contributed by atoms with E-state index in [9.17, 15) is 24.3 Å². The average Bonchev–Trinajstić information content (AvgIpc) is 3.58. The predicted octanol–water partition coefficient (Wildman–Crippen LogP) is 3.49. The maximum Gasteiger partial charge on any atom is 0.251 e. The normalized spacial score (nSPS) is 20.7. The van der Waals surface area contributed by atoms with Crippen LogP contribution < -0.4 is 10.6 Å². The lowest BCUT2D eigenvalue weighted by molar-refractivity contribution is -0.165. The van der Waals surface area contributed by atoms with Gasteiger partial charge in [-0.3, -0.25) is 24.1 Å². The van der Waals surface area contributed by atoms with Crippen LogP contribution >= 0.6 is 12.4 Å². The zero-order chi connectivity index (χ0) is 30.6. The Hall–Kier alpha value is -3.53. The van der Waals surface area contributed by atoms with Crippen LogP contribution in [0, 0.1) is 5.92 Å². The molecular formula is C34H43ClN4O5. The molecule has 9 nitrogen and oxygen atoms in total. The molecule has 0 bridgehead atoms. The maximum absolute atomic E-state index is 13.7. The van der Waals surface area contributed by atoms with Crippen molar-refractivity contribution in [2.45, 2.75) is 69.7 Å². The van der Waals surface area contributed by atoms with E-state index >= 15 is 0 Å². The molecule has 236 valence electrons. The van der Waals surface area contributed by atoms with Crippen LogP contribution in [-0.2, 0) is 16.1 Å². The standard InChI is InChI=1S/C34H42N4O5.ClH/c1-3-4-19-38-32(42)28(30(40)24-7-5-6-8-24)36-33(43)34(38)17-20-37(21-18-34)22-23-9-11-25(12-10-23)29(39)26-13-15-27(16-14-26)31(41)35-2;/h5-6,9-16,24,28,30,40H,3-4,7-8,17-22H2,1-2H3,(H,35,41)(H,36,43);1H/t28-,30-;/m1./s1. The molecule has 0 unspecified atom stereocenters. The molecular weight excluding hydrogens is 580 g/mol. The van der Waals surface area contributed by atoms with Gasteiger partial charge >= 0.3 is 0 Å². The van der Waals surface area contributed by atoms with E-state index in [2.05, 4.69) is 22.5 Å². The predicted molar refractivity (Wildman–Crippen MR) is 171 cm³/mol. The van der Waals surface area contributed by atoms with E-state index < -0.39 is 17.7 Å². The molecule has 2 aromatic rings. The van der Waals surface area contributed by atoms with Crippen LogP contribution in [0.3, 0.4) is 0 Å². The minimum absolute atomic E-state index is 0. The zero-order valence-corrected chi connectivity index (χ0v) is 26.3. The second-order valence-electron chi connectivity index (χ2n) is 12.0. The highest BCUT2D eigenvalue weighted by Crippen LogP contribution is 2.36. The number of carbonyl (C=O) groups excluding carboxylic acids is 4. The first-order valence-electron chi connectivity index (χ1n) is 15.4. The van der Waals surface area contributed by atoms with Gasteiger partial charge in [-0.2, -0.15) is 0 Å². The zero-order valence-electron chi connectivity index (χ0n) is 25.5. The highest BCUT2D eigenvalue weighted by molar-refractivity contribution is 6.09. The molecule has 0 radical (unpaired) electrons. The molecule has 2 atom stereocenters. The molecule has 2 heterocycles. The number of piperidine rings is 1. The molecule has 10 heteroatoms. The SMILES string of the molecule is CCCCN1C(=O)[C@@H]([C@H](O)C2CC=CC2)NC(=O)C12CCN(Cc1ccc(C(=O)c3ccc(C(=O)NC)cc3)cc1)CC2.Cl. The summed E-state index contributed by atoms with van der Waals surface area (Å²) in [6.07, 6.45) is 7.37. The molecule has 2 fully saturated rings. The van der Waals surface area contributed by atoms with Crippen LogP contribution in [0.15, 0.2) is 60.7 Å². The molecule has 1 aliphatic carbocycles. The fourth-order valence-corrected chi connectivity index (χ4v) is 6.58. The fourth-order valence-electron chi connectivity index (χ4n) is 6.58. The number of unbranched alkanes of at least 4 members (excludes halogenated alkanes) is 1. The summed E-state index contributed by atoms with van der Waals surface area (Å²) in [4.78, 5) is 56.2. The molecule has 1 spiro atoms. The fraction of sp³-hybridized carbons (Fsp3) is 0.471. The minimum Gasteiger partial charge on any atom is -0.390 e. The lowest BCUT2D eigenvalue weighted by Gasteiger charge is -2.52. The summed E-state index contributed by atoms with van der Waals surface area (Å²) < 4.78 is 0. The number of nitrogens with one attached hydrogen (secondary N) is 2. The van der Waals surface area contributed by atoms with Crippen molar-refractivity contribution in [1.29, 1.82) is 0 Å². The van der Waals surface area contributed by atoms with Crippen molar-refractivity contribution in [3.05, 3.63) is 82.9 Å². The Morgan fingerprint density at radius 1 is 0.977 bits per heavy atom. The van der Waals surface area contributed by atoms with Gasteiger partial charge in [-0.1, -0.05) is 61.9 Å². The van der Waals surface area contributed by atoms with Gasteiger partial charge < -0.3 is 20.6 Å². The van der Waals surface area contributed by atoms with Crippen molar-refractivity contribution in [2.75, 3.05) is 26.7 Å². The van der Waals surface area contributed by atoms with E-state index in [-0.39, 0.29) is 41.8 Å². The van der Waals surface area contributed by atoms with Crippen LogP contribution in [0.4, 0.5) is 0 Å². The number of ketones is 1. The number of aliphatic hydroxyl groups is 1. The number of carbonyl (C=O) groups is 4. The summed E-state index contributed by atoms with van der Waals surface area (Å²) in [7, 11) is 1.57. The first-order valence-corrected chi connectivity index (χ1v) is 15.4. The van der Waals surface area contributed by atoms with Crippen molar-refractivity contribution in [3.8, 4) is 0 Å². The second-order valence-corrected chi connectivity index (χ2v) is 12.0. The van der Waals surface area contributed by atoms with E-state index in [1.54, 1.807) is 36.2 Å². The highest BCUT2D eigenvalue weighted by atomic mass is 35.5. The van der Waals surface area contributed by atoms with Crippen molar-refractivity contribution in [1.82, 2.24) is 20.4 Å². The number of halogens is 1.